The molecule has 6 unspecified atom stereocenters. The molecule has 1 aromatic rings. The van der Waals surface area contributed by atoms with E-state index < -0.39 is 0 Å². The van der Waals surface area contributed by atoms with Crippen LogP contribution in [-0.4, -0.2) is 22.2 Å². The summed E-state index contributed by atoms with van der Waals surface area (Å²) in [4.78, 5) is 16.9. The normalized spacial score (nSPS) is 34.8. The van der Waals surface area contributed by atoms with Crippen LogP contribution in [0.15, 0.2) is 4.52 Å². The summed E-state index contributed by atoms with van der Waals surface area (Å²) in [6.45, 7) is 8.00. The molecule has 0 aromatic carbocycles. The summed E-state index contributed by atoms with van der Waals surface area (Å²) < 4.78 is 5.33. The maximum Gasteiger partial charge on any atom is 0.315 e. The van der Waals surface area contributed by atoms with Crippen molar-refractivity contribution in [2.75, 3.05) is 0 Å². The molecule has 0 radical (unpaired) electrons. The van der Waals surface area contributed by atoms with Gasteiger partial charge in [0.05, 0.1) is 0 Å². The van der Waals surface area contributed by atoms with Crippen LogP contribution in [0.4, 0.5) is 4.79 Å². The van der Waals surface area contributed by atoms with Gasteiger partial charge >= 0.3 is 6.03 Å². The Morgan fingerprint density at radius 3 is 2.68 bits per heavy atom. The summed E-state index contributed by atoms with van der Waals surface area (Å²) >= 11 is 0. The molecule has 6 atom stereocenters. The van der Waals surface area contributed by atoms with Gasteiger partial charge in [-0.05, 0) is 56.3 Å². The Morgan fingerprint density at radius 1 is 1.20 bits per heavy atom. The maximum absolute atomic E-state index is 12.4. The Hall–Kier alpha value is -1.59. The third kappa shape index (κ3) is 3.04. The van der Waals surface area contributed by atoms with Crippen molar-refractivity contribution in [3.63, 3.8) is 0 Å². The van der Waals surface area contributed by atoms with E-state index in [1.54, 1.807) is 0 Å². The van der Waals surface area contributed by atoms with Gasteiger partial charge in [0.2, 0.25) is 5.89 Å². The van der Waals surface area contributed by atoms with E-state index >= 15 is 0 Å². The Bertz CT molecular complexity index is 650. The minimum atomic E-state index is -0.290. The van der Waals surface area contributed by atoms with E-state index in [2.05, 4.69) is 20.8 Å². The van der Waals surface area contributed by atoms with Gasteiger partial charge in [-0.1, -0.05) is 32.3 Å². The smallest absolute Gasteiger partial charge is 0.315 e. The third-order valence-electron chi connectivity index (χ3n) is 6.58. The molecule has 2 bridgehead atoms. The van der Waals surface area contributed by atoms with Crippen LogP contribution in [0.5, 0.6) is 0 Å². The Balaban J connectivity index is 1.33. The second-order valence-corrected chi connectivity index (χ2v) is 9.31. The first kappa shape index (κ1) is 16.9. The van der Waals surface area contributed by atoms with Crippen molar-refractivity contribution < 1.29 is 9.32 Å². The number of amides is 2. The standard InChI is InChI=1S/C19H30N4O2/c1-10(16-22-17(23-25-16)19(2,3)4)20-18(24)21-15-9-11-8-14(15)13-7-5-6-12(11)13/h10-15H,5-9H2,1-4H3,(H2,20,21,24). The zero-order chi connectivity index (χ0) is 17.8. The third-order valence-corrected chi connectivity index (χ3v) is 6.58. The number of aromatic nitrogens is 2. The molecule has 6 nitrogen and oxygen atoms in total. The highest BCUT2D eigenvalue weighted by atomic mass is 16.5. The average molecular weight is 346 g/mol. The molecule has 2 amide bonds. The van der Waals surface area contributed by atoms with Gasteiger partial charge in [0.15, 0.2) is 5.82 Å². The van der Waals surface area contributed by atoms with E-state index in [1.807, 2.05) is 27.7 Å². The molecule has 0 spiro atoms. The van der Waals surface area contributed by atoms with Gasteiger partial charge in [-0.15, -0.1) is 0 Å². The summed E-state index contributed by atoms with van der Waals surface area (Å²) in [5.74, 6) is 4.45. The van der Waals surface area contributed by atoms with Crippen LogP contribution in [0.2, 0.25) is 0 Å². The molecular formula is C19H30N4O2. The van der Waals surface area contributed by atoms with Crippen LogP contribution in [0.3, 0.4) is 0 Å². The first-order valence-corrected chi connectivity index (χ1v) is 9.74. The van der Waals surface area contributed by atoms with E-state index in [9.17, 15) is 4.79 Å². The van der Waals surface area contributed by atoms with E-state index in [0.29, 0.717) is 23.7 Å². The molecule has 25 heavy (non-hydrogen) atoms. The SMILES string of the molecule is CC(NC(=O)NC1CC2CC1C1CCCC21)c1nc(C(C)(C)C)no1. The maximum atomic E-state index is 12.4. The summed E-state index contributed by atoms with van der Waals surface area (Å²) in [6.07, 6.45) is 6.62. The van der Waals surface area contributed by atoms with E-state index in [4.69, 9.17) is 4.52 Å². The van der Waals surface area contributed by atoms with Crippen molar-refractivity contribution >= 4 is 6.03 Å². The summed E-state index contributed by atoms with van der Waals surface area (Å²) in [5, 5.41) is 10.2. The van der Waals surface area contributed by atoms with E-state index in [-0.39, 0.29) is 17.5 Å². The number of rotatable bonds is 3. The number of hydrogen-bond donors (Lipinski definition) is 2. The Kier molecular flexibility index (Phi) is 4.04. The molecule has 6 heteroatoms. The second kappa shape index (κ2) is 5.99. The number of nitrogens with one attached hydrogen (secondary N) is 2. The number of hydrogen-bond acceptors (Lipinski definition) is 4. The highest BCUT2D eigenvalue weighted by Gasteiger charge is 2.54. The van der Waals surface area contributed by atoms with Crippen molar-refractivity contribution in [2.24, 2.45) is 23.7 Å². The molecule has 1 aromatic heterocycles. The zero-order valence-corrected chi connectivity index (χ0v) is 15.7. The highest BCUT2D eigenvalue weighted by molar-refractivity contribution is 5.74. The van der Waals surface area contributed by atoms with Crippen LogP contribution in [-0.2, 0) is 5.41 Å². The molecule has 3 saturated carbocycles. The number of fused-ring (bicyclic) bond motifs is 5. The molecule has 4 rings (SSSR count). The number of nitrogens with zero attached hydrogens (tertiary/aromatic N) is 2. The average Bonchev–Trinajstić information content (AvgIpc) is 3.27. The fraction of sp³-hybridized carbons (Fsp3) is 0.842. The topological polar surface area (TPSA) is 80.0 Å². The predicted octanol–water partition coefficient (Wildman–Crippen LogP) is 3.55. The van der Waals surface area contributed by atoms with Crippen LogP contribution < -0.4 is 10.6 Å². The van der Waals surface area contributed by atoms with Crippen LogP contribution >= 0.6 is 0 Å². The quantitative estimate of drug-likeness (QED) is 0.877. The van der Waals surface area contributed by atoms with Crippen molar-refractivity contribution in [3.8, 4) is 0 Å². The highest BCUT2D eigenvalue weighted by Crippen LogP contribution is 2.58. The Labute approximate surface area is 149 Å². The minimum absolute atomic E-state index is 0.116. The lowest BCUT2D eigenvalue weighted by Gasteiger charge is -2.32. The molecule has 2 N–H and O–H groups in total. The first-order chi connectivity index (χ1) is 11.8. The zero-order valence-electron chi connectivity index (χ0n) is 15.7. The molecule has 138 valence electrons. The lowest BCUT2D eigenvalue weighted by atomic mass is 9.79. The molecule has 0 aliphatic heterocycles. The molecule has 3 fully saturated rings. The van der Waals surface area contributed by atoms with Gasteiger partial charge in [-0.3, -0.25) is 0 Å². The van der Waals surface area contributed by atoms with Gasteiger partial charge in [0, 0.05) is 11.5 Å². The molecule has 3 aliphatic rings. The predicted molar refractivity (Wildman–Crippen MR) is 93.9 cm³/mol. The lowest BCUT2D eigenvalue weighted by Crippen LogP contribution is -2.47. The number of carbonyl (C=O) groups excluding carboxylic acids is 1. The molecule has 3 aliphatic carbocycles. The first-order valence-electron chi connectivity index (χ1n) is 9.74. The van der Waals surface area contributed by atoms with Gasteiger partial charge < -0.3 is 15.2 Å². The summed E-state index contributed by atoms with van der Waals surface area (Å²) in [5.41, 5.74) is -0.162. The van der Waals surface area contributed by atoms with Gasteiger partial charge in [-0.25, -0.2) is 4.79 Å². The fourth-order valence-electron chi connectivity index (χ4n) is 5.42. The van der Waals surface area contributed by atoms with Crippen molar-refractivity contribution in [1.29, 1.82) is 0 Å². The molecule has 0 saturated heterocycles. The van der Waals surface area contributed by atoms with Gasteiger partial charge in [0.25, 0.3) is 0 Å². The summed E-state index contributed by atoms with van der Waals surface area (Å²) in [6, 6.07) is -0.0686. The van der Waals surface area contributed by atoms with E-state index in [0.717, 1.165) is 24.2 Å². The van der Waals surface area contributed by atoms with Crippen LogP contribution in [0.1, 0.15) is 77.6 Å². The monoisotopic (exact) mass is 346 g/mol. The lowest BCUT2D eigenvalue weighted by molar-refractivity contribution is 0.195. The number of carbonyl (C=O) groups is 1. The van der Waals surface area contributed by atoms with Crippen LogP contribution in [0.25, 0.3) is 0 Å². The van der Waals surface area contributed by atoms with Crippen molar-refractivity contribution in [3.05, 3.63) is 11.7 Å². The fourth-order valence-corrected chi connectivity index (χ4v) is 5.42. The molecule has 1 heterocycles. The van der Waals surface area contributed by atoms with Crippen molar-refractivity contribution in [1.82, 2.24) is 20.8 Å². The largest absolute Gasteiger partial charge is 0.337 e. The van der Waals surface area contributed by atoms with Gasteiger partial charge in [-0.2, -0.15) is 4.98 Å². The van der Waals surface area contributed by atoms with Crippen LogP contribution in [0, 0.1) is 23.7 Å². The summed E-state index contributed by atoms with van der Waals surface area (Å²) in [7, 11) is 0. The van der Waals surface area contributed by atoms with Crippen molar-refractivity contribution in [2.45, 2.75) is 77.3 Å². The Morgan fingerprint density at radius 2 is 1.96 bits per heavy atom. The minimum Gasteiger partial charge on any atom is -0.337 e. The molecular weight excluding hydrogens is 316 g/mol. The van der Waals surface area contributed by atoms with Gasteiger partial charge in [0.1, 0.15) is 6.04 Å². The van der Waals surface area contributed by atoms with E-state index in [1.165, 1.54) is 25.7 Å². The second-order valence-electron chi connectivity index (χ2n) is 9.31. The number of urea groups is 1.